The van der Waals surface area contributed by atoms with Crippen LogP contribution in [0.3, 0.4) is 0 Å². The van der Waals surface area contributed by atoms with E-state index in [0.29, 0.717) is 11.6 Å². The molecule has 4 nitrogen and oxygen atoms in total. The van der Waals surface area contributed by atoms with E-state index in [1.807, 2.05) is 18.2 Å². The normalized spacial score (nSPS) is 14.8. The van der Waals surface area contributed by atoms with Gasteiger partial charge in [-0.25, -0.2) is 17.8 Å². The van der Waals surface area contributed by atoms with Crippen LogP contribution in [0, 0.1) is 5.82 Å². The standard InChI is InChI=1S/C19H17FN2O2S/c1-25(23,24)11-12-4-7-17-15(9-12)14(13-5-6-13)10-18(22-17)19-16(20)3-2-8-21-19/h2-4,7-10,13H,5-6,11H2,1H3. The highest BCUT2D eigenvalue weighted by Crippen LogP contribution is 2.44. The summed E-state index contributed by atoms with van der Waals surface area (Å²) in [6, 6.07) is 10.3. The monoisotopic (exact) mass is 356 g/mol. The van der Waals surface area contributed by atoms with E-state index >= 15 is 0 Å². The minimum absolute atomic E-state index is 0.00364. The first-order valence-corrected chi connectivity index (χ1v) is 10.2. The smallest absolute Gasteiger partial charge is 0.151 e. The van der Waals surface area contributed by atoms with Crippen LogP contribution in [0.5, 0.6) is 0 Å². The third kappa shape index (κ3) is 3.39. The molecule has 0 aliphatic heterocycles. The third-order valence-corrected chi connectivity index (χ3v) is 5.21. The summed E-state index contributed by atoms with van der Waals surface area (Å²) >= 11 is 0. The molecule has 0 bridgehead atoms. The van der Waals surface area contributed by atoms with E-state index in [-0.39, 0.29) is 11.4 Å². The molecule has 128 valence electrons. The molecule has 6 heteroatoms. The Morgan fingerprint density at radius 2 is 2.00 bits per heavy atom. The van der Waals surface area contributed by atoms with E-state index in [0.717, 1.165) is 34.9 Å². The number of aromatic nitrogens is 2. The van der Waals surface area contributed by atoms with Crippen molar-refractivity contribution in [1.29, 1.82) is 0 Å². The highest BCUT2D eigenvalue weighted by Gasteiger charge is 2.27. The summed E-state index contributed by atoms with van der Waals surface area (Å²) in [5.41, 5.74) is 3.34. The highest BCUT2D eigenvalue weighted by molar-refractivity contribution is 7.89. The van der Waals surface area contributed by atoms with Gasteiger partial charge in [0.05, 0.1) is 17.0 Å². The third-order valence-electron chi connectivity index (χ3n) is 4.35. The first-order chi connectivity index (χ1) is 11.9. The number of sulfone groups is 1. The molecule has 2 heterocycles. The van der Waals surface area contributed by atoms with Gasteiger partial charge in [-0.1, -0.05) is 6.07 Å². The largest absolute Gasteiger partial charge is 0.252 e. The van der Waals surface area contributed by atoms with Crippen molar-refractivity contribution in [1.82, 2.24) is 9.97 Å². The minimum atomic E-state index is -3.10. The van der Waals surface area contributed by atoms with Crippen LogP contribution in [0.2, 0.25) is 0 Å². The number of fused-ring (bicyclic) bond motifs is 1. The number of hydrogen-bond acceptors (Lipinski definition) is 4. The van der Waals surface area contributed by atoms with Crippen LogP contribution in [0.25, 0.3) is 22.3 Å². The van der Waals surface area contributed by atoms with Crippen molar-refractivity contribution in [2.75, 3.05) is 6.26 Å². The number of hydrogen-bond donors (Lipinski definition) is 0. The average Bonchev–Trinajstić information content (AvgIpc) is 3.38. The van der Waals surface area contributed by atoms with Gasteiger partial charge < -0.3 is 0 Å². The zero-order chi connectivity index (χ0) is 17.6. The van der Waals surface area contributed by atoms with Gasteiger partial charge in [-0.05, 0) is 60.2 Å². The SMILES string of the molecule is CS(=O)(=O)Cc1ccc2nc(-c3ncccc3F)cc(C3CC3)c2c1. The van der Waals surface area contributed by atoms with Gasteiger partial charge in [0, 0.05) is 17.8 Å². The lowest BCUT2D eigenvalue weighted by molar-refractivity contribution is 0.601. The van der Waals surface area contributed by atoms with Gasteiger partial charge in [-0.3, -0.25) is 4.98 Å². The van der Waals surface area contributed by atoms with Crippen LogP contribution in [0.15, 0.2) is 42.6 Å². The van der Waals surface area contributed by atoms with Crippen LogP contribution in [-0.4, -0.2) is 24.6 Å². The van der Waals surface area contributed by atoms with E-state index in [4.69, 9.17) is 0 Å². The van der Waals surface area contributed by atoms with Crippen molar-refractivity contribution in [2.45, 2.75) is 24.5 Å². The Bertz CT molecular complexity index is 1080. The van der Waals surface area contributed by atoms with Crippen LogP contribution in [0.4, 0.5) is 4.39 Å². The van der Waals surface area contributed by atoms with Gasteiger partial charge in [0.2, 0.25) is 0 Å². The zero-order valence-corrected chi connectivity index (χ0v) is 14.6. The fraction of sp³-hybridized carbons (Fsp3) is 0.263. The van der Waals surface area contributed by atoms with Gasteiger partial charge in [-0.15, -0.1) is 0 Å². The molecule has 0 N–H and O–H groups in total. The number of nitrogens with zero attached hydrogens (tertiary/aromatic N) is 2. The van der Waals surface area contributed by atoms with Crippen molar-refractivity contribution in [3.63, 3.8) is 0 Å². The number of rotatable bonds is 4. The number of benzene rings is 1. The summed E-state index contributed by atoms with van der Waals surface area (Å²) in [5.74, 6) is 0.0261. The molecule has 1 fully saturated rings. The molecule has 25 heavy (non-hydrogen) atoms. The zero-order valence-electron chi connectivity index (χ0n) is 13.7. The predicted octanol–water partition coefficient (Wildman–Crippen LogP) is 3.86. The minimum Gasteiger partial charge on any atom is -0.252 e. The van der Waals surface area contributed by atoms with Crippen molar-refractivity contribution in [2.24, 2.45) is 0 Å². The summed E-state index contributed by atoms with van der Waals surface area (Å²) in [5, 5.41) is 0.948. The van der Waals surface area contributed by atoms with Crippen LogP contribution in [-0.2, 0) is 15.6 Å². The number of halogens is 1. The molecule has 1 aliphatic rings. The average molecular weight is 356 g/mol. The van der Waals surface area contributed by atoms with E-state index < -0.39 is 15.7 Å². The first kappa shape index (κ1) is 16.1. The molecular formula is C19H17FN2O2S. The van der Waals surface area contributed by atoms with Gasteiger partial charge >= 0.3 is 0 Å². The van der Waals surface area contributed by atoms with Crippen molar-refractivity contribution in [3.05, 3.63) is 59.5 Å². The Morgan fingerprint density at radius 3 is 2.68 bits per heavy atom. The van der Waals surface area contributed by atoms with Crippen molar-refractivity contribution in [3.8, 4) is 11.4 Å². The molecule has 0 radical (unpaired) electrons. The Balaban J connectivity index is 1.90. The van der Waals surface area contributed by atoms with Crippen molar-refractivity contribution < 1.29 is 12.8 Å². The predicted molar refractivity (Wildman–Crippen MR) is 95.5 cm³/mol. The number of pyridine rings is 2. The lowest BCUT2D eigenvalue weighted by atomic mass is 10.0. The van der Waals surface area contributed by atoms with Gasteiger partial charge in [-0.2, -0.15) is 0 Å². The van der Waals surface area contributed by atoms with E-state index in [9.17, 15) is 12.8 Å². The Hall–Kier alpha value is -2.34. The highest BCUT2D eigenvalue weighted by atomic mass is 32.2. The maximum atomic E-state index is 14.1. The molecule has 0 amide bonds. The van der Waals surface area contributed by atoms with Crippen LogP contribution >= 0.6 is 0 Å². The fourth-order valence-electron chi connectivity index (χ4n) is 3.12. The molecular weight excluding hydrogens is 339 g/mol. The second kappa shape index (κ2) is 5.88. The molecule has 0 spiro atoms. The van der Waals surface area contributed by atoms with Gasteiger partial charge in [0.1, 0.15) is 5.69 Å². The molecule has 3 aromatic rings. The molecule has 2 aromatic heterocycles. The topological polar surface area (TPSA) is 59.9 Å². The van der Waals surface area contributed by atoms with E-state index in [1.165, 1.54) is 12.3 Å². The second-order valence-corrected chi connectivity index (χ2v) is 8.77. The van der Waals surface area contributed by atoms with E-state index in [2.05, 4.69) is 9.97 Å². The van der Waals surface area contributed by atoms with Gasteiger partial charge in [0.15, 0.2) is 15.7 Å². The van der Waals surface area contributed by atoms with E-state index in [1.54, 1.807) is 18.3 Å². The first-order valence-electron chi connectivity index (χ1n) is 8.13. The molecule has 1 aromatic carbocycles. The molecule has 0 saturated heterocycles. The Labute approximate surface area is 145 Å². The second-order valence-electron chi connectivity index (χ2n) is 6.63. The lowest BCUT2D eigenvalue weighted by Crippen LogP contribution is -2.01. The van der Waals surface area contributed by atoms with Crippen LogP contribution < -0.4 is 0 Å². The lowest BCUT2D eigenvalue weighted by Gasteiger charge is -2.11. The summed E-state index contributed by atoms with van der Waals surface area (Å²) < 4.78 is 37.3. The summed E-state index contributed by atoms with van der Waals surface area (Å²) in [7, 11) is -3.10. The fourth-order valence-corrected chi connectivity index (χ4v) is 3.90. The van der Waals surface area contributed by atoms with Crippen LogP contribution in [0.1, 0.15) is 29.9 Å². The maximum absolute atomic E-state index is 14.1. The van der Waals surface area contributed by atoms with Crippen molar-refractivity contribution >= 4 is 20.7 Å². The summed E-state index contributed by atoms with van der Waals surface area (Å²) in [6.45, 7) is 0. The summed E-state index contributed by atoms with van der Waals surface area (Å²) in [6.07, 6.45) is 4.94. The molecule has 1 saturated carbocycles. The Morgan fingerprint density at radius 1 is 1.20 bits per heavy atom. The molecule has 0 unspecified atom stereocenters. The molecule has 4 rings (SSSR count). The Kier molecular flexibility index (Phi) is 3.80. The maximum Gasteiger partial charge on any atom is 0.151 e. The summed E-state index contributed by atoms with van der Waals surface area (Å²) in [4.78, 5) is 8.69. The molecule has 0 atom stereocenters. The van der Waals surface area contributed by atoms with Gasteiger partial charge in [0.25, 0.3) is 0 Å². The molecule has 1 aliphatic carbocycles. The quantitative estimate of drug-likeness (QED) is 0.712.